The second-order valence-electron chi connectivity index (χ2n) is 7.90. The quantitative estimate of drug-likeness (QED) is 0.492. The van der Waals surface area contributed by atoms with Gasteiger partial charge in [-0.2, -0.15) is 0 Å². The van der Waals surface area contributed by atoms with Crippen LogP contribution in [0.25, 0.3) is 11.1 Å². The summed E-state index contributed by atoms with van der Waals surface area (Å²) >= 11 is 0. The molecule has 1 nitrogen and oxygen atoms in total. The summed E-state index contributed by atoms with van der Waals surface area (Å²) in [5, 5.41) is 0. The molecule has 0 spiro atoms. The van der Waals surface area contributed by atoms with Crippen molar-refractivity contribution < 1.29 is 4.74 Å². The summed E-state index contributed by atoms with van der Waals surface area (Å²) in [5.41, 5.74) is 4.62. The lowest BCUT2D eigenvalue weighted by atomic mass is 10.00. The van der Waals surface area contributed by atoms with Crippen LogP contribution in [-0.4, -0.2) is 18.4 Å². The number of methoxy groups -OCH3 is 1. The fraction of sp³-hybridized carbons (Fsp3) is 0.520. The van der Waals surface area contributed by atoms with Crippen molar-refractivity contribution in [1.82, 2.24) is 0 Å². The maximum absolute atomic E-state index is 5.30. The number of hydrogen-bond acceptors (Lipinski definition) is 1. The molecule has 0 aliphatic heterocycles. The smallest absolute Gasteiger partial charge is 0.126 e. The van der Waals surface area contributed by atoms with Gasteiger partial charge in [-0.1, -0.05) is 87.1 Å². The highest BCUT2D eigenvalue weighted by Crippen LogP contribution is 2.41. The van der Waals surface area contributed by atoms with Gasteiger partial charge in [0.2, 0.25) is 0 Å². The minimum absolute atomic E-state index is 0.915. The van der Waals surface area contributed by atoms with E-state index in [2.05, 4.69) is 18.2 Å². The van der Waals surface area contributed by atoms with Crippen LogP contribution in [0.15, 0.2) is 54.6 Å². The third kappa shape index (κ3) is 6.65. The summed E-state index contributed by atoms with van der Waals surface area (Å²) in [6, 6.07) is 18.3. The summed E-state index contributed by atoms with van der Waals surface area (Å²) in [4.78, 5) is 0. The Morgan fingerprint density at radius 2 is 1.19 bits per heavy atom. The molecule has 0 radical (unpaired) electrons. The summed E-state index contributed by atoms with van der Waals surface area (Å²) in [6.07, 6.45) is 15.4. The first-order valence-corrected chi connectivity index (χ1v) is 12.0. The van der Waals surface area contributed by atoms with E-state index in [-0.39, 0.29) is 0 Å². The Labute approximate surface area is 167 Å². The molecular weight excluding hydrogens is 347 g/mol. The van der Waals surface area contributed by atoms with Crippen molar-refractivity contribution in [3.63, 3.8) is 0 Å². The second kappa shape index (κ2) is 11.5. The third-order valence-electron chi connectivity index (χ3n) is 5.87. The Kier molecular flexibility index (Phi) is 8.69. The van der Waals surface area contributed by atoms with Crippen molar-refractivity contribution in [3.8, 4) is 16.9 Å². The Bertz CT molecular complexity index is 626. The average Bonchev–Trinajstić information content (AvgIpc) is 2.76. The maximum Gasteiger partial charge on any atom is 0.126 e. The molecule has 0 amide bonds. The van der Waals surface area contributed by atoms with Gasteiger partial charge >= 0.3 is 0 Å². The molecule has 2 aromatic carbocycles. The van der Waals surface area contributed by atoms with Crippen molar-refractivity contribution in [1.29, 1.82) is 0 Å². The zero-order valence-electron chi connectivity index (χ0n) is 16.8. The molecule has 2 fully saturated rings. The normalized spacial score (nSPS) is 18.4. The molecule has 2 saturated carbocycles. The highest BCUT2D eigenvalue weighted by atomic mass is 31.1. The number of ether oxygens (including phenoxy) is 1. The molecular formula is C25H35OP. The molecule has 4 rings (SSSR count). The third-order valence-corrected chi connectivity index (χ3v) is 7.97. The molecule has 0 saturated heterocycles. The molecule has 2 heteroatoms. The van der Waals surface area contributed by atoms with E-state index in [0.29, 0.717) is 0 Å². The first-order valence-electron chi connectivity index (χ1n) is 10.8. The summed E-state index contributed by atoms with van der Waals surface area (Å²) < 4.78 is 5.30. The van der Waals surface area contributed by atoms with Crippen molar-refractivity contribution >= 4 is 8.58 Å². The van der Waals surface area contributed by atoms with Crippen molar-refractivity contribution in [2.45, 2.75) is 75.5 Å². The molecule has 2 aliphatic rings. The topological polar surface area (TPSA) is 9.23 Å². The second-order valence-corrected chi connectivity index (χ2v) is 9.87. The van der Waals surface area contributed by atoms with Gasteiger partial charge in [0.15, 0.2) is 0 Å². The lowest BCUT2D eigenvalue weighted by Crippen LogP contribution is -2.14. The number of benzene rings is 2. The van der Waals surface area contributed by atoms with Crippen molar-refractivity contribution in [2.24, 2.45) is 0 Å². The Balaban J connectivity index is 0.000000156. The Hall–Kier alpha value is -1.33. The van der Waals surface area contributed by atoms with Gasteiger partial charge < -0.3 is 4.74 Å². The van der Waals surface area contributed by atoms with Gasteiger partial charge in [0.25, 0.3) is 0 Å². The van der Waals surface area contributed by atoms with E-state index in [1.165, 1.54) is 52.7 Å². The average molecular weight is 383 g/mol. The van der Waals surface area contributed by atoms with Gasteiger partial charge in [0.1, 0.15) is 5.75 Å². The Morgan fingerprint density at radius 3 is 1.74 bits per heavy atom. The highest BCUT2D eigenvalue weighted by molar-refractivity contribution is 7.39. The zero-order valence-corrected chi connectivity index (χ0v) is 17.8. The maximum atomic E-state index is 5.30. The predicted molar refractivity (Wildman–Crippen MR) is 120 cm³/mol. The van der Waals surface area contributed by atoms with Gasteiger partial charge in [-0.3, -0.25) is 0 Å². The number of rotatable bonds is 4. The van der Waals surface area contributed by atoms with Gasteiger partial charge in [0, 0.05) is 5.56 Å². The highest BCUT2D eigenvalue weighted by Gasteiger charge is 2.20. The summed E-state index contributed by atoms with van der Waals surface area (Å²) in [5.74, 6) is 0.915. The number of para-hydroxylation sites is 1. The van der Waals surface area contributed by atoms with Crippen LogP contribution in [0.2, 0.25) is 0 Å². The fourth-order valence-electron chi connectivity index (χ4n) is 4.37. The van der Waals surface area contributed by atoms with Gasteiger partial charge in [-0.15, -0.1) is 8.58 Å². The molecule has 146 valence electrons. The molecule has 27 heavy (non-hydrogen) atoms. The molecule has 0 atom stereocenters. The van der Waals surface area contributed by atoms with Gasteiger partial charge in [-0.25, -0.2) is 0 Å². The molecule has 0 heterocycles. The first-order chi connectivity index (χ1) is 13.4. The molecule has 2 aromatic rings. The van der Waals surface area contributed by atoms with E-state index in [0.717, 1.165) is 22.6 Å². The lowest BCUT2D eigenvalue weighted by molar-refractivity contribution is 0.416. The zero-order chi connectivity index (χ0) is 18.7. The monoisotopic (exact) mass is 382 g/mol. The molecule has 2 aliphatic carbocycles. The van der Waals surface area contributed by atoms with E-state index in [1.54, 1.807) is 32.8 Å². The standard InChI is InChI=1S/C13H12O.C12H23P/c1-14-13-10-6-5-9-12(13)11-7-3-2-4-8-11;1-3-7-11(8-4-1)13-12-9-5-2-6-10-12/h2-10H,1H3;11-13H,1-10H2. The summed E-state index contributed by atoms with van der Waals surface area (Å²) in [6.45, 7) is 0. The van der Waals surface area contributed by atoms with Crippen LogP contribution in [0.3, 0.4) is 0 Å². The van der Waals surface area contributed by atoms with Gasteiger partial charge in [0.05, 0.1) is 7.11 Å². The van der Waals surface area contributed by atoms with E-state index >= 15 is 0 Å². The van der Waals surface area contributed by atoms with Crippen LogP contribution >= 0.6 is 8.58 Å². The van der Waals surface area contributed by atoms with Crippen LogP contribution in [0, 0.1) is 0 Å². The Morgan fingerprint density at radius 1 is 0.667 bits per heavy atom. The number of hydrogen-bond donors (Lipinski definition) is 0. The molecule has 0 bridgehead atoms. The van der Waals surface area contributed by atoms with E-state index in [1.807, 2.05) is 36.4 Å². The fourth-order valence-corrected chi connectivity index (χ4v) is 6.52. The molecule has 0 N–H and O–H groups in total. The van der Waals surface area contributed by atoms with Crippen LogP contribution in [-0.2, 0) is 0 Å². The molecule has 0 unspecified atom stereocenters. The lowest BCUT2D eigenvalue weighted by Gasteiger charge is -2.28. The minimum Gasteiger partial charge on any atom is -0.496 e. The predicted octanol–water partition coefficient (Wildman–Crippen LogP) is 7.69. The van der Waals surface area contributed by atoms with Crippen LogP contribution in [0.4, 0.5) is 0 Å². The van der Waals surface area contributed by atoms with E-state index in [4.69, 9.17) is 4.74 Å². The van der Waals surface area contributed by atoms with E-state index < -0.39 is 0 Å². The van der Waals surface area contributed by atoms with Crippen LogP contribution < -0.4 is 4.74 Å². The van der Waals surface area contributed by atoms with Crippen LogP contribution in [0.1, 0.15) is 64.2 Å². The van der Waals surface area contributed by atoms with Crippen molar-refractivity contribution in [3.05, 3.63) is 54.6 Å². The summed E-state index contributed by atoms with van der Waals surface area (Å²) in [7, 11) is 3.03. The van der Waals surface area contributed by atoms with E-state index in [9.17, 15) is 0 Å². The minimum atomic E-state index is 0.915. The van der Waals surface area contributed by atoms with Crippen LogP contribution in [0.5, 0.6) is 5.75 Å². The largest absolute Gasteiger partial charge is 0.496 e. The first kappa shape index (κ1) is 20.4. The molecule has 0 aromatic heterocycles. The van der Waals surface area contributed by atoms with Crippen molar-refractivity contribution in [2.75, 3.05) is 7.11 Å². The SMILES string of the molecule is C1CCC(PC2CCCCC2)CC1.COc1ccccc1-c1ccccc1. The van der Waals surface area contributed by atoms with Gasteiger partial charge in [-0.05, 0) is 48.6 Å².